The Hall–Kier alpha value is -2.79. The number of aromatic hydroxyl groups is 3. The number of hydrogen-bond donors (Lipinski definition) is 3. The minimum Gasteiger partial charge on any atom is -0.508 e. The van der Waals surface area contributed by atoms with E-state index < -0.39 is 11.2 Å². The average molecular weight is 471 g/mol. The molecule has 7 heteroatoms. The van der Waals surface area contributed by atoms with Crippen molar-refractivity contribution in [3.05, 3.63) is 57.8 Å². The smallest absolute Gasteiger partial charge is 0.238 e. The van der Waals surface area contributed by atoms with Crippen molar-refractivity contribution in [2.45, 2.75) is 20.3 Å². The fourth-order valence-corrected chi connectivity index (χ4v) is 2.86. The fourth-order valence-electron chi connectivity index (χ4n) is 2.86. The molecule has 0 bridgehead atoms. The first-order valence-corrected chi connectivity index (χ1v) is 8.34. The maximum Gasteiger partial charge on any atom is 0.238 e. The zero-order chi connectivity index (χ0) is 19.7. The van der Waals surface area contributed by atoms with Crippen LogP contribution in [0.25, 0.3) is 22.3 Å². The number of phenolic OH excluding ortho intramolecular Hbond substituents is 2. The first kappa shape index (κ1) is 21.5. The van der Waals surface area contributed by atoms with Gasteiger partial charge in [0, 0.05) is 36.7 Å². The fraction of sp³-hybridized carbons (Fsp3) is 0.190. The van der Waals surface area contributed by atoms with Crippen LogP contribution in [-0.4, -0.2) is 22.4 Å². The third-order valence-corrected chi connectivity index (χ3v) is 4.25. The third-order valence-electron chi connectivity index (χ3n) is 4.25. The van der Waals surface area contributed by atoms with E-state index >= 15 is 0 Å². The predicted molar refractivity (Wildman–Crippen MR) is 103 cm³/mol. The van der Waals surface area contributed by atoms with Crippen LogP contribution in [0.5, 0.6) is 23.0 Å². The maximum absolute atomic E-state index is 12.7. The van der Waals surface area contributed by atoms with Crippen LogP contribution >= 0.6 is 0 Å². The summed E-state index contributed by atoms with van der Waals surface area (Å²) in [7, 11) is 1.46. The van der Waals surface area contributed by atoms with Crippen LogP contribution in [-0.2, 0) is 25.9 Å². The van der Waals surface area contributed by atoms with Gasteiger partial charge in [-0.15, -0.1) is 0 Å². The van der Waals surface area contributed by atoms with Gasteiger partial charge in [-0.05, 0) is 44.5 Å². The molecule has 2 aromatic carbocycles. The molecule has 0 amide bonds. The Balaban J connectivity index is 0.00000280. The number of phenols is 2. The first-order valence-electron chi connectivity index (χ1n) is 8.34. The summed E-state index contributed by atoms with van der Waals surface area (Å²) < 4.78 is 11.2. The predicted octanol–water partition coefficient (Wildman–Crippen LogP) is 4.09. The Bertz CT molecular complexity index is 1090. The van der Waals surface area contributed by atoms with Crippen molar-refractivity contribution < 1.29 is 44.0 Å². The van der Waals surface area contributed by atoms with Gasteiger partial charge in [-0.1, -0.05) is 11.6 Å². The minimum atomic E-state index is -0.738. The van der Waals surface area contributed by atoms with Crippen LogP contribution in [0.3, 0.4) is 0 Å². The molecule has 0 atom stereocenters. The molecular formula is C21H20O6Rh. The molecule has 0 fully saturated rings. The summed E-state index contributed by atoms with van der Waals surface area (Å²) in [5, 5.41) is 30.0. The van der Waals surface area contributed by atoms with Gasteiger partial charge < -0.3 is 24.5 Å². The summed E-state index contributed by atoms with van der Waals surface area (Å²) in [4.78, 5) is 12.7. The van der Waals surface area contributed by atoms with Gasteiger partial charge >= 0.3 is 0 Å². The second-order valence-electron chi connectivity index (χ2n) is 6.42. The van der Waals surface area contributed by atoms with Crippen molar-refractivity contribution in [1.82, 2.24) is 0 Å². The number of allylic oxidation sites excluding steroid dienone is 2. The van der Waals surface area contributed by atoms with E-state index in [-0.39, 0.29) is 47.7 Å². The first-order chi connectivity index (χ1) is 12.8. The second-order valence-corrected chi connectivity index (χ2v) is 6.42. The van der Waals surface area contributed by atoms with Gasteiger partial charge in [0.05, 0.1) is 7.11 Å². The number of rotatable bonds is 4. The summed E-state index contributed by atoms with van der Waals surface area (Å²) in [6.07, 6.45) is 2.37. The Morgan fingerprint density at radius 2 is 1.79 bits per heavy atom. The van der Waals surface area contributed by atoms with Gasteiger partial charge in [0.2, 0.25) is 11.2 Å². The maximum atomic E-state index is 12.7. The largest absolute Gasteiger partial charge is 0.508 e. The van der Waals surface area contributed by atoms with E-state index in [1.165, 1.54) is 37.4 Å². The number of methoxy groups -OCH3 is 1. The Labute approximate surface area is 174 Å². The summed E-state index contributed by atoms with van der Waals surface area (Å²) in [5.74, 6) is -0.558. The van der Waals surface area contributed by atoms with Crippen LogP contribution < -0.4 is 10.2 Å². The molecule has 0 unspecified atom stereocenters. The SMILES string of the molecule is COc1cc(O)c2c(=O)c(O)c(-c3ccc(O)cc3)oc2c1CC=C(C)C.[Rh]. The van der Waals surface area contributed by atoms with Gasteiger partial charge in [-0.25, -0.2) is 0 Å². The molecular weight excluding hydrogens is 451 g/mol. The van der Waals surface area contributed by atoms with Crippen LogP contribution in [0.1, 0.15) is 19.4 Å². The molecule has 3 N–H and O–H groups in total. The molecule has 0 aliphatic heterocycles. The molecule has 1 aromatic heterocycles. The Morgan fingerprint density at radius 3 is 2.36 bits per heavy atom. The molecule has 3 aromatic rings. The summed E-state index contributed by atoms with van der Waals surface area (Å²) in [6.45, 7) is 3.89. The standard InChI is InChI=1S/C21H20O6.Rh/c1-11(2)4-9-14-16(26-3)10-15(23)17-18(24)19(25)20(27-21(14)17)12-5-7-13(22)8-6-12;/h4-8,10,22-23,25H,9H2,1-3H3;. The number of ether oxygens (including phenoxy) is 1. The van der Waals surface area contributed by atoms with Gasteiger partial charge in [-0.3, -0.25) is 4.79 Å². The van der Waals surface area contributed by atoms with E-state index in [1.807, 2.05) is 19.9 Å². The molecule has 0 spiro atoms. The van der Waals surface area contributed by atoms with Crippen molar-refractivity contribution in [3.63, 3.8) is 0 Å². The quantitative estimate of drug-likeness (QED) is 0.392. The van der Waals surface area contributed by atoms with Crippen LogP contribution in [0.15, 0.2) is 51.2 Å². The second kappa shape index (κ2) is 8.49. The van der Waals surface area contributed by atoms with Crippen molar-refractivity contribution in [2.24, 2.45) is 0 Å². The number of hydrogen-bond acceptors (Lipinski definition) is 6. The van der Waals surface area contributed by atoms with Gasteiger partial charge in [-0.2, -0.15) is 0 Å². The van der Waals surface area contributed by atoms with Crippen LogP contribution in [0, 0.1) is 0 Å². The van der Waals surface area contributed by atoms with E-state index in [1.54, 1.807) is 0 Å². The zero-order valence-corrected chi connectivity index (χ0v) is 17.2. The molecule has 0 saturated carbocycles. The zero-order valence-electron chi connectivity index (χ0n) is 15.6. The Morgan fingerprint density at radius 1 is 1.14 bits per heavy atom. The number of fused-ring (bicyclic) bond motifs is 1. The minimum absolute atomic E-state index is 0. The topological polar surface area (TPSA) is 100 Å². The monoisotopic (exact) mass is 471 g/mol. The van der Waals surface area contributed by atoms with E-state index in [0.717, 1.165) is 5.57 Å². The number of benzene rings is 2. The van der Waals surface area contributed by atoms with E-state index in [9.17, 15) is 20.1 Å². The van der Waals surface area contributed by atoms with Gasteiger partial charge in [0.15, 0.2) is 5.76 Å². The molecule has 0 aliphatic rings. The van der Waals surface area contributed by atoms with Crippen LogP contribution in [0.2, 0.25) is 0 Å². The summed E-state index contributed by atoms with van der Waals surface area (Å²) in [6, 6.07) is 7.23. The normalized spacial score (nSPS) is 10.4. The average Bonchev–Trinajstić information content (AvgIpc) is 2.63. The molecule has 0 aliphatic carbocycles. The van der Waals surface area contributed by atoms with Crippen molar-refractivity contribution in [1.29, 1.82) is 0 Å². The van der Waals surface area contributed by atoms with E-state index in [4.69, 9.17) is 9.15 Å². The van der Waals surface area contributed by atoms with E-state index in [0.29, 0.717) is 23.3 Å². The molecule has 28 heavy (non-hydrogen) atoms. The van der Waals surface area contributed by atoms with Crippen molar-refractivity contribution >= 4 is 11.0 Å². The van der Waals surface area contributed by atoms with Gasteiger partial charge in [0.1, 0.15) is 28.2 Å². The molecule has 1 heterocycles. The van der Waals surface area contributed by atoms with E-state index in [2.05, 4.69) is 0 Å². The van der Waals surface area contributed by atoms with Crippen molar-refractivity contribution in [2.75, 3.05) is 7.11 Å². The van der Waals surface area contributed by atoms with Crippen molar-refractivity contribution in [3.8, 4) is 34.3 Å². The summed E-state index contributed by atoms with van der Waals surface area (Å²) in [5.41, 5.74) is 1.48. The molecule has 6 nitrogen and oxygen atoms in total. The molecule has 149 valence electrons. The molecule has 1 radical (unpaired) electrons. The summed E-state index contributed by atoms with van der Waals surface area (Å²) >= 11 is 0. The van der Waals surface area contributed by atoms with Crippen LogP contribution in [0.4, 0.5) is 0 Å². The Kier molecular flexibility index (Phi) is 6.52. The third kappa shape index (κ3) is 3.90. The molecule has 0 saturated heterocycles. The van der Waals surface area contributed by atoms with Gasteiger partial charge in [0.25, 0.3) is 0 Å². The molecule has 3 rings (SSSR count).